The van der Waals surface area contributed by atoms with E-state index >= 15 is 0 Å². The molecule has 1 atom stereocenters. The van der Waals surface area contributed by atoms with Gasteiger partial charge in [-0.1, -0.05) is 25.1 Å². The molecule has 0 aliphatic heterocycles. The van der Waals surface area contributed by atoms with Gasteiger partial charge in [-0.3, -0.25) is 4.98 Å². The van der Waals surface area contributed by atoms with Crippen LogP contribution in [0.1, 0.15) is 25.3 Å². The molecule has 1 aromatic heterocycles. The molecule has 3 rings (SSSR count). The lowest BCUT2D eigenvalue weighted by Gasteiger charge is -2.14. The number of pyridine rings is 1. The Kier molecular flexibility index (Phi) is 3.28. The third kappa shape index (κ3) is 2.70. The number of rotatable bonds is 5. The summed E-state index contributed by atoms with van der Waals surface area (Å²) in [5.41, 5.74) is 1.44. The first-order valence-corrected chi connectivity index (χ1v) is 6.88. The zero-order valence-electron chi connectivity index (χ0n) is 10.9. The summed E-state index contributed by atoms with van der Waals surface area (Å²) in [6, 6.07) is 9.46. The van der Waals surface area contributed by atoms with Gasteiger partial charge in [0, 0.05) is 23.8 Å². The molecule has 2 aromatic rings. The molecule has 2 nitrogen and oxygen atoms in total. The van der Waals surface area contributed by atoms with Crippen molar-refractivity contribution in [1.82, 2.24) is 10.3 Å². The van der Waals surface area contributed by atoms with Gasteiger partial charge in [0.1, 0.15) is 0 Å². The third-order valence-corrected chi connectivity index (χ3v) is 3.67. The van der Waals surface area contributed by atoms with Gasteiger partial charge in [-0.05, 0) is 48.7 Å². The van der Waals surface area contributed by atoms with Gasteiger partial charge < -0.3 is 5.32 Å². The maximum absolute atomic E-state index is 4.19. The highest BCUT2D eigenvalue weighted by Gasteiger charge is 2.20. The highest BCUT2D eigenvalue weighted by Crippen LogP contribution is 2.22. The van der Waals surface area contributed by atoms with Gasteiger partial charge >= 0.3 is 0 Å². The standard InChI is InChI=1S/C16H20N2/c1-12(10-18-15-5-6-15)9-13-3-2-4-14-11-17-8-7-16(13)14/h2-4,7-8,11-12,15,18H,5-6,9-10H2,1H3. The summed E-state index contributed by atoms with van der Waals surface area (Å²) in [6.07, 6.45) is 7.71. The van der Waals surface area contributed by atoms with Crippen molar-refractivity contribution in [3.05, 3.63) is 42.2 Å². The van der Waals surface area contributed by atoms with Gasteiger partial charge in [-0.25, -0.2) is 0 Å². The molecule has 1 unspecified atom stereocenters. The average molecular weight is 240 g/mol. The fourth-order valence-corrected chi connectivity index (χ4v) is 2.47. The van der Waals surface area contributed by atoms with Crippen molar-refractivity contribution in [2.45, 2.75) is 32.2 Å². The minimum Gasteiger partial charge on any atom is -0.314 e. The maximum Gasteiger partial charge on any atom is 0.0346 e. The summed E-state index contributed by atoms with van der Waals surface area (Å²) in [4.78, 5) is 4.19. The van der Waals surface area contributed by atoms with E-state index in [0.717, 1.165) is 19.0 Å². The monoisotopic (exact) mass is 240 g/mol. The van der Waals surface area contributed by atoms with Crippen LogP contribution in [-0.4, -0.2) is 17.6 Å². The predicted octanol–water partition coefficient (Wildman–Crippen LogP) is 3.17. The van der Waals surface area contributed by atoms with Gasteiger partial charge in [-0.2, -0.15) is 0 Å². The Morgan fingerprint density at radius 1 is 1.33 bits per heavy atom. The fraction of sp³-hybridized carbons (Fsp3) is 0.438. The first kappa shape index (κ1) is 11.7. The Morgan fingerprint density at radius 2 is 2.22 bits per heavy atom. The molecule has 1 N–H and O–H groups in total. The van der Waals surface area contributed by atoms with Crippen LogP contribution in [0.15, 0.2) is 36.7 Å². The summed E-state index contributed by atoms with van der Waals surface area (Å²) in [7, 11) is 0. The number of benzene rings is 1. The predicted molar refractivity (Wildman–Crippen MR) is 75.6 cm³/mol. The van der Waals surface area contributed by atoms with E-state index in [2.05, 4.69) is 41.5 Å². The molecule has 1 aliphatic rings. The fourth-order valence-electron chi connectivity index (χ4n) is 2.47. The molecule has 0 spiro atoms. The molecular weight excluding hydrogens is 220 g/mol. The largest absolute Gasteiger partial charge is 0.314 e. The molecule has 0 radical (unpaired) electrons. The van der Waals surface area contributed by atoms with Gasteiger partial charge in [-0.15, -0.1) is 0 Å². The minimum absolute atomic E-state index is 0.685. The van der Waals surface area contributed by atoms with Crippen LogP contribution in [0.4, 0.5) is 0 Å². The van der Waals surface area contributed by atoms with Crippen molar-refractivity contribution in [2.75, 3.05) is 6.54 Å². The van der Waals surface area contributed by atoms with Crippen LogP contribution in [0.3, 0.4) is 0 Å². The van der Waals surface area contributed by atoms with E-state index in [1.54, 1.807) is 0 Å². The van der Waals surface area contributed by atoms with Crippen molar-refractivity contribution >= 4 is 10.8 Å². The summed E-state index contributed by atoms with van der Waals surface area (Å²) < 4.78 is 0. The topological polar surface area (TPSA) is 24.9 Å². The van der Waals surface area contributed by atoms with E-state index in [4.69, 9.17) is 0 Å². The van der Waals surface area contributed by atoms with E-state index in [1.807, 2.05) is 12.4 Å². The van der Waals surface area contributed by atoms with Crippen molar-refractivity contribution in [3.63, 3.8) is 0 Å². The molecule has 2 heteroatoms. The summed E-state index contributed by atoms with van der Waals surface area (Å²) in [5, 5.41) is 6.21. The zero-order chi connectivity index (χ0) is 12.4. The summed E-state index contributed by atoms with van der Waals surface area (Å²) in [6.45, 7) is 3.46. The van der Waals surface area contributed by atoms with Crippen LogP contribution in [0.5, 0.6) is 0 Å². The Morgan fingerprint density at radius 3 is 3.06 bits per heavy atom. The second-order valence-electron chi connectivity index (χ2n) is 5.51. The molecule has 1 aromatic carbocycles. The number of nitrogens with zero attached hydrogens (tertiary/aromatic N) is 1. The normalized spacial score (nSPS) is 16.9. The first-order valence-electron chi connectivity index (χ1n) is 6.88. The molecule has 18 heavy (non-hydrogen) atoms. The van der Waals surface area contributed by atoms with E-state index in [1.165, 1.54) is 29.2 Å². The van der Waals surface area contributed by atoms with Crippen LogP contribution in [0.25, 0.3) is 10.8 Å². The third-order valence-electron chi connectivity index (χ3n) is 3.67. The molecular formula is C16H20N2. The molecule has 1 aliphatic carbocycles. The molecule has 94 valence electrons. The second kappa shape index (κ2) is 5.07. The van der Waals surface area contributed by atoms with E-state index in [9.17, 15) is 0 Å². The highest BCUT2D eigenvalue weighted by atomic mass is 14.9. The number of hydrogen-bond donors (Lipinski definition) is 1. The lowest BCUT2D eigenvalue weighted by atomic mass is 9.97. The Balaban J connectivity index is 1.72. The minimum atomic E-state index is 0.685. The van der Waals surface area contributed by atoms with Crippen molar-refractivity contribution in [1.29, 1.82) is 0 Å². The molecule has 0 bridgehead atoms. The Bertz CT molecular complexity index is 526. The number of aromatic nitrogens is 1. The molecule has 1 heterocycles. The summed E-state index contributed by atoms with van der Waals surface area (Å²) >= 11 is 0. The lowest BCUT2D eigenvalue weighted by Crippen LogP contribution is -2.24. The lowest BCUT2D eigenvalue weighted by molar-refractivity contribution is 0.510. The van der Waals surface area contributed by atoms with E-state index < -0.39 is 0 Å². The van der Waals surface area contributed by atoms with Gasteiger partial charge in [0.2, 0.25) is 0 Å². The van der Waals surface area contributed by atoms with E-state index in [0.29, 0.717) is 5.92 Å². The number of nitrogens with one attached hydrogen (secondary N) is 1. The Hall–Kier alpha value is -1.41. The van der Waals surface area contributed by atoms with Gasteiger partial charge in [0.05, 0.1) is 0 Å². The maximum atomic E-state index is 4.19. The van der Waals surface area contributed by atoms with Crippen molar-refractivity contribution < 1.29 is 0 Å². The van der Waals surface area contributed by atoms with Crippen LogP contribution in [0.2, 0.25) is 0 Å². The molecule has 1 fully saturated rings. The second-order valence-corrected chi connectivity index (χ2v) is 5.51. The highest BCUT2D eigenvalue weighted by molar-refractivity contribution is 5.84. The van der Waals surface area contributed by atoms with Crippen molar-refractivity contribution in [2.24, 2.45) is 5.92 Å². The van der Waals surface area contributed by atoms with E-state index in [-0.39, 0.29) is 0 Å². The van der Waals surface area contributed by atoms with Crippen LogP contribution in [-0.2, 0) is 6.42 Å². The van der Waals surface area contributed by atoms with Gasteiger partial charge in [0.25, 0.3) is 0 Å². The molecule has 0 saturated heterocycles. The smallest absolute Gasteiger partial charge is 0.0346 e. The molecule has 0 amide bonds. The first-order chi connectivity index (χ1) is 8.83. The van der Waals surface area contributed by atoms with Crippen molar-refractivity contribution in [3.8, 4) is 0 Å². The van der Waals surface area contributed by atoms with Crippen LogP contribution < -0.4 is 5.32 Å². The molecule has 1 saturated carbocycles. The van der Waals surface area contributed by atoms with Gasteiger partial charge in [0.15, 0.2) is 0 Å². The summed E-state index contributed by atoms with van der Waals surface area (Å²) in [5.74, 6) is 0.685. The van der Waals surface area contributed by atoms with Crippen LogP contribution in [0, 0.1) is 5.92 Å². The SMILES string of the molecule is CC(CNC1CC1)Cc1cccc2cnccc12. The number of hydrogen-bond acceptors (Lipinski definition) is 2. The number of fused-ring (bicyclic) bond motifs is 1. The van der Waals surface area contributed by atoms with Crippen LogP contribution >= 0.6 is 0 Å². The average Bonchev–Trinajstić information content (AvgIpc) is 3.21. The zero-order valence-corrected chi connectivity index (χ0v) is 10.9. The Labute approximate surface area is 108 Å². The quantitative estimate of drug-likeness (QED) is 0.868.